The van der Waals surface area contributed by atoms with Crippen molar-refractivity contribution in [1.29, 1.82) is 0 Å². The molecule has 0 aliphatic carbocycles. The molecular weight excluding hydrogens is 205 g/mol. The highest BCUT2D eigenvalue weighted by atomic mass is 19.4. The molecule has 0 bridgehead atoms. The lowest BCUT2D eigenvalue weighted by Gasteiger charge is -2.07. The van der Waals surface area contributed by atoms with Gasteiger partial charge in [0.2, 0.25) is 0 Å². The first-order valence-electron chi connectivity index (χ1n) is 3.53. The van der Waals surface area contributed by atoms with E-state index in [1.807, 2.05) is 5.32 Å². The Hall–Kier alpha value is -1.31. The first kappa shape index (κ1) is 12.7. The van der Waals surface area contributed by atoms with Gasteiger partial charge in [-0.2, -0.15) is 13.2 Å². The van der Waals surface area contributed by atoms with Gasteiger partial charge in [0.05, 0.1) is 6.61 Å². The number of halogens is 3. The molecule has 0 radical (unpaired) electrons. The number of carbonyl (C=O) groups excluding carboxylic acids is 2. The second-order valence-corrected chi connectivity index (χ2v) is 2.20. The zero-order valence-corrected chi connectivity index (χ0v) is 7.27. The summed E-state index contributed by atoms with van der Waals surface area (Å²) in [5, 5.41) is 3.10. The molecule has 0 unspecified atom stereocenters. The average molecular weight is 214 g/mol. The number of nitrogens with one attached hydrogen (secondary N) is 2. The minimum atomic E-state index is -5.06. The normalized spacial score (nSPS) is 10.9. The molecule has 0 saturated heterocycles. The molecule has 82 valence electrons. The molecule has 5 nitrogen and oxygen atoms in total. The highest BCUT2D eigenvalue weighted by molar-refractivity contribution is 5.96. The molecule has 0 spiro atoms. The van der Waals surface area contributed by atoms with Crippen molar-refractivity contribution in [3.8, 4) is 0 Å². The van der Waals surface area contributed by atoms with Gasteiger partial charge in [-0.25, -0.2) is 4.79 Å². The SMILES string of the molecule is COCCNC(=O)NC(=O)C(F)(F)F. The Balaban J connectivity index is 3.78. The van der Waals surface area contributed by atoms with Gasteiger partial charge in [-0.05, 0) is 0 Å². The lowest BCUT2D eigenvalue weighted by atomic mass is 10.6. The highest BCUT2D eigenvalue weighted by Gasteiger charge is 2.39. The first-order valence-corrected chi connectivity index (χ1v) is 3.53. The third-order valence-corrected chi connectivity index (χ3v) is 1.08. The first-order chi connectivity index (χ1) is 6.38. The lowest BCUT2D eigenvalue weighted by Crippen LogP contribution is -2.46. The van der Waals surface area contributed by atoms with Crippen LogP contribution >= 0.6 is 0 Å². The standard InChI is InChI=1S/C6H9F3N2O3/c1-14-3-2-10-5(13)11-4(12)6(7,8)9/h2-3H2,1H3,(H2,10,11,12,13). The zero-order valence-electron chi connectivity index (χ0n) is 7.27. The van der Waals surface area contributed by atoms with Crippen molar-refractivity contribution in [1.82, 2.24) is 10.6 Å². The number of alkyl halides is 3. The molecule has 8 heteroatoms. The predicted octanol–water partition coefficient (Wildman–Crippen LogP) is 0.0209. The summed E-state index contributed by atoms with van der Waals surface area (Å²) in [4.78, 5) is 20.8. The third-order valence-electron chi connectivity index (χ3n) is 1.08. The number of hydrogen-bond donors (Lipinski definition) is 2. The van der Waals surface area contributed by atoms with E-state index < -0.39 is 18.1 Å². The molecule has 0 aliphatic rings. The number of carbonyl (C=O) groups is 2. The third kappa shape index (κ3) is 5.36. The van der Waals surface area contributed by atoms with Crippen molar-refractivity contribution in [3.63, 3.8) is 0 Å². The van der Waals surface area contributed by atoms with Crippen LogP contribution in [0.5, 0.6) is 0 Å². The van der Waals surface area contributed by atoms with Crippen LogP contribution in [0, 0.1) is 0 Å². The molecule has 0 saturated carbocycles. The van der Waals surface area contributed by atoms with Crippen LogP contribution in [0.25, 0.3) is 0 Å². The van der Waals surface area contributed by atoms with Gasteiger partial charge in [-0.3, -0.25) is 10.1 Å². The summed E-state index contributed by atoms with van der Waals surface area (Å²) in [5.74, 6) is -2.30. The molecule has 2 N–H and O–H groups in total. The number of hydrogen-bond acceptors (Lipinski definition) is 3. The van der Waals surface area contributed by atoms with Crippen LogP contribution in [0.3, 0.4) is 0 Å². The fourth-order valence-electron chi connectivity index (χ4n) is 0.485. The van der Waals surface area contributed by atoms with Gasteiger partial charge in [-0.15, -0.1) is 0 Å². The second-order valence-electron chi connectivity index (χ2n) is 2.20. The van der Waals surface area contributed by atoms with Crippen LogP contribution in [0.15, 0.2) is 0 Å². The lowest BCUT2D eigenvalue weighted by molar-refractivity contribution is -0.172. The molecule has 0 aromatic heterocycles. The van der Waals surface area contributed by atoms with E-state index in [1.165, 1.54) is 7.11 Å². The van der Waals surface area contributed by atoms with Gasteiger partial charge < -0.3 is 10.1 Å². The van der Waals surface area contributed by atoms with E-state index >= 15 is 0 Å². The smallest absolute Gasteiger partial charge is 0.383 e. The molecule has 3 amide bonds. The van der Waals surface area contributed by atoms with Crippen molar-refractivity contribution < 1.29 is 27.5 Å². The highest BCUT2D eigenvalue weighted by Crippen LogP contribution is 2.13. The summed E-state index contributed by atoms with van der Waals surface area (Å²) in [7, 11) is 1.36. The Morgan fingerprint density at radius 1 is 1.36 bits per heavy atom. The van der Waals surface area contributed by atoms with Crippen LogP contribution in [-0.4, -0.2) is 38.4 Å². The molecule has 14 heavy (non-hydrogen) atoms. The van der Waals surface area contributed by atoms with E-state index in [0.717, 1.165) is 5.32 Å². The quantitative estimate of drug-likeness (QED) is 0.651. The van der Waals surface area contributed by atoms with E-state index in [9.17, 15) is 22.8 Å². The van der Waals surface area contributed by atoms with Crippen molar-refractivity contribution >= 4 is 11.9 Å². The summed E-state index contributed by atoms with van der Waals surface area (Å²) < 4.78 is 39.3. The Morgan fingerprint density at radius 2 is 1.93 bits per heavy atom. The second kappa shape index (κ2) is 5.43. The van der Waals surface area contributed by atoms with E-state index in [4.69, 9.17) is 0 Å². The Labute approximate surface area is 77.6 Å². The molecule has 0 aliphatic heterocycles. The number of ether oxygens (including phenoxy) is 1. The van der Waals surface area contributed by atoms with E-state index in [1.54, 1.807) is 0 Å². The molecule has 0 fully saturated rings. The Morgan fingerprint density at radius 3 is 2.36 bits per heavy atom. The number of amides is 3. The maximum absolute atomic E-state index is 11.6. The van der Waals surface area contributed by atoms with Crippen LogP contribution < -0.4 is 10.6 Å². The molecule has 0 aromatic rings. The Kier molecular flexibility index (Phi) is 4.92. The zero-order chi connectivity index (χ0) is 11.2. The van der Waals surface area contributed by atoms with Crippen molar-refractivity contribution in [2.75, 3.05) is 20.3 Å². The summed E-state index contributed by atoms with van der Waals surface area (Å²) in [6, 6.07) is -1.20. The number of urea groups is 1. The molecule has 0 heterocycles. The van der Waals surface area contributed by atoms with E-state index in [2.05, 4.69) is 4.74 Å². The van der Waals surface area contributed by atoms with Crippen LogP contribution in [0.1, 0.15) is 0 Å². The van der Waals surface area contributed by atoms with Gasteiger partial charge in [0, 0.05) is 13.7 Å². The fraction of sp³-hybridized carbons (Fsp3) is 0.667. The summed E-state index contributed by atoms with van der Waals surface area (Å²) >= 11 is 0. The maximum Gasteiger partial charge on any atom is 0.471 e. The minimum absolute atomic E-state index is 0.0213. The number of imide groups is 1. The van der Waals surface area contributed by atoms with Crippen LogP contribution in [-0.2, 0) is 9.53 Å². The van der Waals surface area contributed by atoms with Gasteiger partial charge in [0.25, 0.3) is 0 Å². The fourth-order valence-corrected chi connectivity index (χ4v) is 0.485. The summed E-state index contributed by atoms with van der Waals surface area (Å²) in [6.07, 6.45) is -5.06. The topological polar surface area (TPSA) is 67.4 Å². The van der Waals surface area contributed by atoms with E-state index in [0.29, 0.717) is 0 Å². The van der Waals surface area contributed by atoms with Crippen molar-refractivity contribution in [2.24, 2.45) is 0 Å². The van der Waals surface area contributed by atoms with Crippen molar-refractivity contribution in [3.05, 3.63) is 0 Å². The average Bonchev–Trinajstić information content (AvgIpc) is 2.03. The van der Waals surface area contributed by atoms with Gasteiger partial charge in [-0.1, -0.05) is 0 Å². The predicted molar refractivity (Wildman–Crippen MR) is 39.5 cm³/mol. The largest absolute Gasteiger partial charge is 0.471 e. The monoisotopic (exact) mass is 214 g/mol. The number of rotatable bonds is 3. The molecule has 0 rings (SSSR count). The summed E-state index contributed by atoms with van der Waals surface area (Å²) in [5.41, 5.74) is 0. The van der Waals surface area contributed by atoms with Crippen LogP contribution in [0.2, 0.25) is 0 Å². The minimum Gasteiger partial charge on any atom is -0.383 e. The van der Waals surface area contributed by atoms with Gasteiger partial charge >= 0.3 is 18.1 Å². The van der Waals surface area contributed by atoms with Crippen molar-refractivity contribution in [2.45, 2.75) is 6.18 Å². The van der Waals surface area contributed by atoms with Crippen LogP contribution in [0.4, 0.5) is 18.0 Å². The summed E-state index contributed by atoms with van der Waals surface area (Å²) in [6.45, 7) is 0.168. The van der Waals surface area contributed by atoms with Gasteiger partial charge in [0.15, 0.2) is 0 Å². The molecule has 0 aromatic carbocycles. The Bertz CT molecular complexity index is 217. The molecular formula is C6H9F3N2O3. The molecule has 0 atom stereocenters. The van der Waals surface area contributed by atoms with Gasteiger partial charge in [0.1, 0.15) is 0 Å². The number of methoxy groups -OCH3 is 1. The van der Waals surface area contributed by atoms with E-state index in [-0.39, 0.29) is 13.2 Å². The maximum atomic E-state index is 11.6.